The summed E-state index contributed by atoms with van der Waals surface area (Å²) >= 11 is 0. The number of hydrazine groups is 1. The molecule has 2 aromatic rings. The van der Waals surface area contributed by atoms with Crippen molar-refractivity contribution in [1.29, 1.82) is 0 Å². The van der Waals surface area contributed by atoms with Gasteiger partial charge >= 0.3 is 0 Å². The Bertz CT molecular complexity index is 744. The summed E-state index contributed by atoms with van der Waals surface area (Å²) < 4.78 is 10.3. The van der Waals surface area contributed by atoms with Gasteiger partial charge < -0.3 is 14.6 Å². The molecule has 0 spiro atoms. The number of amides is 2. The van der Waals surface area contributed by atoms with Crippen molar-refractivity contribution in [3.05, 3.63) is 53.6 Å². The van der Waals surface area contributed by atoms with Gasteiger partial charge in [0, 0.05) is 5.56 Å². The second kappa shape index (κ2) is 5.65. The summed E-state index contributed by atoms with van der Waals surface area (Å²) in [5, 5.41) is 9.57. The number of hydrogen-bond acceptors (Lipinski definition) is 5. The van der Waals surface area contributed by atoms with E-state index in [1.807, 2.05) is 0 Å². The van der Waals surface area contributed by atoms with Crippen molar-refractivity contribution in [2.75, 3.05) is 6.79 Å². The molecule has 0 unspecified atom stereocenters. The van der Waals surface area contributed by atoms with Gasteiger partial charge in [0.15, 0.2) is 11.5 Å². The van der Waals surface area contributed by atoms with Crippen LogP contribution in [-0.2, 0) is 0 Å². The lowest BCUT2D eigenvalue weighted by molar-refractivity contribution is 0.0845. The summed E-state index contributed by atoms with van der Waals surface area (Å²) in [6, 6.07) is 10.7. The predicted octanol–water partition coefficient (Wildman–Crippen LogP) is 1.20. The van der Waals surface area contributed by atoms with Crippen LogP contribution in [0.1, 0.15) is 20.7 Å². The SMILES string of the molecule is O=C(NNC(=O)c1ccccc1O)c1ccc2c(c1)OCO2. The Labute approximate surface area is 125 Å². The van der Waals surface area contributed by atoms with Gasteiger partial charge in [-0.3, -0.25) is 20.4 Å². The number of phenolic OH excluding ortho intramolecular Hbond substituents is 1. The number of para-hydroxylation sites is 1. The molecule has 2 amide bonds. The number of benzene rings is 2. The van der Waals surface area contributed by atoms with Gasteiger partial charge in [-0.1, -0.05) is 12.1 Å². The standard InChI is InChI=1S/C15H12N2O5/c18-11-4-2-1-3-10(11)15(20)17-16-14(19)9-5-6-12-13(7-9)22-8-21-12/h1-7,18H,8H2,(H,16,19)(H,17,20). The molecular formula is C15H12N2O5. The smallest absolute Gasteiger partial charge is 0.273 e. The number of fused-ring (bicyclic) bond motifs is 1. The van der Waals surface area contributed by atoms with Crippen molar-refractivity contribution in [2.24, 2.45) is 0 Å². The van der Waals surface area contributed by atoms with Gasteiger partial charge in [-0.15, -0.1) is 0 Å². The molecule has 0 aliphatic carbocycles. The van der Waals surface area contributed by atoms with Crippen LogP contribution in [-0.4, -0.2) is 23.7 Å². The molecule has 0 saturated heterocycles. The molecule has 3 rings (SSSR count). The van der Waals surface area contributed by atoms with Crippen LogP contribution in [0.25, 0.3) is 0 Å². The molecule has 3 N–H and O–H groups in total. The first kappa shape index (κ1) is 13.7. The third-order valence-corrected chi connectivity index (χ3v) is 3.07. The molecule has 0 fully saturated rings. The molecule has 112 valence electrons. The molecule has 7 heteroatoms. The minimum atomic E-state index is -0.618. The highest BCUT2D eigenvalue weighted by Gasteiger charge is 2.17. The number of hydrogen-bond donors (Lipinski definition) is 3. The average molecular weight is 300 g/mol. The second-order valence-electron chi connectivity index (χ2n) is 4.49. The van der Waals surface area contributed by atoms with Crippen molar-refractivity contribution in [3.8, 4) is 17.2 Å². The van der Waals surface area contributed by atoms with Crippen molar-refractivity contribution in [3.63, 3.8) is 0 Å². The van der Waals surface area contributed by atoms with E-state index in [-0.39, 0.29) is 18.1 Å². The van der Waals surface area contributed by atoms with Crippen LogP contribution in [0.2, 0.25) is 0 Å². The fraction of sp³-hybridized carbons (Fsp3) is 0.0667. The molecule has 22 heavy (non-hydrogen) atoms. The largest absolute Gasteiger partial charge is 0.507 e. The number of phenols is 1. The number of carbonyl (C=O) groups excluding carboxylic acids is 2. The second-order valence-corrected chi connectivity index (χ2v) is 4.49. The van der Waals surface area contributed by atoms with E-state index in [4.69, 9.17) is 9.47 Å². The average Bonchev–Trinajstić information content (AvgIpc) is 3.00. The number of carbonyl (C=O) groups is 2. The minimum Gasteiger partial charge on any atom is -0.507 e. The van der Waals surface area contributed by atoms with Gasteiger partial charge in [0.2, 0.25) is 6.79 Å². The van der Waals surface area contributed by atoms with E-state index >= 15 is 0 Å². The van der Waals surface area contributed by atoms with Crippen LogP contribution < -0.4 is 20.3 Å². The van der Waals surface area contributed by atoms with Gasteiger partial charge in [-0.25, -0.2) is 0 Å². The van der Waals surface area contributed by atoms with Crippen molar-refractivity contribution < 1.29 is 24.2 Å². The van der Waals surface area contributed by atoms with Crippen LogP contribution >= 0.6 is 0 Å². The fourth-order valence-electron chi connectivity index (χ4n) is 1.96. The summed E-state index contributed by atoms with van der Waals surface area (Å²) in [6.45, 7) is 0.116. The Kier molecular flexibility index (Phi) is 3.53. The molecule has 7 nitrogen and oxygen atoms in total. The molecule has 1 aliphatic rings. The van der Waals surface area contributed by atoms with E-state index in [0.717, 1.165) is 0 Å². The van der Waals surface area contributed by atoms with Crippen LogP contribution in [0, 0.1) is 0 Å². The Balaban J connectivity index is 1.65. The summed E-state index contributed by atoms with van der Waals surface area (Å²) in [5.41, 5.74) is 4.88. The quantitative estimate of drug-likeness (QED) is 0.724. The summed E-state index contributed by atoms with van der Waals surface area (Å²) in [6.07, 6.45) is 0. The molecule has 0 saturated carbocycles. The maximum absolute atomic E-state index is 12.0. The van der Waals surface area contributed by atoms with Gasteiger partial charge in [0.1, 0.15) is 5.75 Å². The molecule has 1 aliphatic heterocycles. The van der Waals surface area contributed by atoms with Gasteiger partial charge in [-0.05, 0) is 30.3 Å². The van der Waals surface area contributed by atoms with Crippen LogP contribution in [0.5, 0.6) is 17.2 Å². The lowest BCUT2D eigenvalue weighted by Crippen LogP contribution is -2.41. The highest BCUT2D eigenvalue weighted by molar-refractivity contribution is 6.00. The van der Waals surface area contributed by atoms with E-state index in [0.29, 0.717) is 17.1 Å². The Hall–Kier alpha value is -3.22. The number of rotatable bonds is 2. The first-order valence-corrected chi connectivity index (χ1v) is 6.43. The third-order valence-electron chi connectivity index (χ3n) is 3.07. The Morgan fingerprint density at radius 2 is 1.68 bits per heavy atom. The number of ether oxygens (including phenoxy) is 2. The molecule has 0 atom stereocenters. The first-order valence-electron chi connectivity index (χ1n) is 6.43. The van der Waals surface area contributed by atoms with Crippen LogP contribution in [0.3, 0.4) is 0 Å². The Morgan fingerprint density at radius 3 is 2.50 bits per heavy atom. The molecule has 0 radical (unpaired) electrons. The van der Waals surface area contributed by atoms with E-state index in [1.165, 1.54) is 18.2 Å². The van der Waals surface area contributed by atoms with Crippen molar-refractivity contribution in [2.45, 2.75) is 0 Å². The highest BCUT2D eigenvalue weighted by Crippen LogP contribution is 2.32. The summed E-state index contributed by atoms with van der Waals surface area (Å²) in [4.78, 5) is 23.8. The normalized spacial score (nSPS) is 11.8. The first-order chi connectivity index (χ1) is 10.6. The summed E-state index contributed by atoms with van der Waals surface area (Å²) in [5.74, 6) is -0.263. The zero-order valence-electron chi connectivity index (χ0n) is 11.3. The molecule has 0 bridgehead atoms. The van der Waals surface area contributed by atoms with Crippen molar-refractivity contribution in [1.82, 2.24) is 10.9 Å². The van der Waals surface area contributed by atoms with Gasteiger partial charge in [-0.2, -0.15) is 0 Å². The maximum atomic E-state index is 12.0. The fourth-order valence-corrected chi connectivity index (χ4v) is 1.96. The third kappa shape index (κ3) is 2.64. The van der Waals surface area contributed by atoms with Crippen molar-refractivity contribution >= 4 is 11.8 Å². The van der Waals surface area contributed by atoms with E-state index in [2.05, 4.69) is 10.9 Å². The predicted molar refractivity (Wildman–Crippen MR) is 75.6 cm³/mol. The van der Waals surface area contributed by atoms with Crippen LogP contribution in [0.15, 0.2) is 42.5 Å². The Morgan fingerprint density at radius 1 is 0.955 bits per heavy atom. The zero-order chi connectivity index (χ0) is 15.5. The maximum Gasteiger partial charge on any atom is 0.273 e. The number of aromatic hydroxyl groups is 1. The molecular weight excluding hydrogens is 288 g/mol. The lowest BCUT2D eigenvalue weighted by atomic mass is 10.2. The summed E-state index contributed by atoms with van der Waals surface area (Å²) in [7, 11) is 0. The van der Waals surface area contributed by atoms with Gasteiger partial charge in [0.05, 0.1) is 5.56 Å². The highest BCUT2D eigenvalue weighted by atomic mass is 16.7. The van der Waals surface area contributed by atoms with E-state index in [9.17, 15) is 14.7 Å². The van der Waals surface area contributed by atoms with E-state index < -0.39 is 11.8 Å². The molecule has 2 aromatic carbocycles. The zero-order valence-corrected chi connectivity index (χ0v) is 11.3. The van der Waals surface area contributed by atoms with Gasteiger partial charge in [0.25, 0.3) is 11.8 Å². The van der Waals surface area contributed by atoms with Crippen LogP contribution in [0.4, 0.5) is 0 Å². The molecule has 1 heterocycles. The molecule has 0 aromatic heterocycles. The lowest BCUT2D eigenvalue weighted by Gasteiger charge is -2.08. The monoisotopic (exact) mass is 300 g/mol. The topological polar surface area (TPSA) is 96.9 Å². The van der Waals surface area contributed by atoms with E-state index in [1.54, 1.807) is 24.3 Å². The number of nitrogens with one attached hydrogen (secondary N) is 2. The minimum absolute atomic E-state index is 0.0634.